The monoisotopic (exact) mass is 299 g/mol. The molecule has 2 fully saturated rings. The van der Waals surface area contributed by atoms with Crippen molar-refractivity contribution in [3.8, 4) is 0 Å². The van der Waals surface area contributed by atoms with Crippen LogP contribution in [0, 0.1) is 12.8 Å². The fourth-order valence-corrected chi connectivity index (χ4v) is 3.27. The number of fused-ring (bicyclic) bond motifs is 1. The topological polar surface area (TPSA) is 49.6 Å². The number of anilines is 1. The molecule has 116 valence electrons. The van der Waals surface area contributed by atoms with Crippen molar-refractivity contribution in [2.75, 3.05) is 31.1 Å². The molecule has 22 heavy (non-hydrogen) atoms. The van der Waals surface area contributed by atoms with Gasteiger partial charge in [-0.25, -0.2) is 4.98 Å². The quantitative estimate of drug-likeness (QED) is 0.855. The zero-order valence-electron chi connectivity index (χ0n) is 12.9. The highest BCUT2D eigenvalue weighted by Crippen LogP contribution is 2.32. The van der Waals surface area contributed by atoms with Gasteiger partial charge in [0.1, 0.15) is 17.2 Å². The molecule has 2 aromatic heterocycles. The van der Waals surface area contributed by atoms with Gasteiger partial charge in [0.05, 0.1) is 5.39 Å². The molecule has 0 aromatic carbocycles. The molecule has 1 amide bonds. The number of hydrogen-bond donors (Lipinski definition) is 0. The Labute approximate surface area is 129 Å². The fourth-order valence-electron chi connectivity index (χ4n) is 3.27. The van der Waals surface area contributed by atoms with Crippen molar-refractivity contribution in [3.63, 3.8) is 0 Å². The van der Waals surface area contributed by atoms with Crippen LogP contribution in [0.4, 0.5) is 5.82 Å². The number of rotatable bonds is 2. The summed E-state index contributed by atoms with van der Waals surface area (Å²) in [7, 11) is 0. The lowest BCUT2D eigenvalue weighted by molar-refractivity contribution is -0.132. The molecule has 1 saturated carbocycles. The molecule has 4 rings (SSSR count). The molecule has 3 heterocycles. The number of aryl methyl sites for hydroxylation is 1. The van der Waals surface area contributed by atoms with E-state index in [-0.39, 0.29) is 0 Å². The molecule has 1 aliphatic carbocycles. The zero-order chi connectivity index (χ0) is 15.1. The molecule has 0 atom stereocenters. The summed E-state index contributed by atoms with van der Waals surface area (Å²) in [6, 6.07) is 3.96. The van der Waals surface area contributed by atoms with E-state index in [1.807, 2.05) is 17.9 Å². The second-order valence-electron chi connectivity index (χ2n) is 6.34. The van der Waals surface area contributed by atoms with Crippen molar-refractivity contribution >= 4 is 22.7 Å². The summed E-state index contributed by atoms with van der Waals surface area (Å²) in [6.45, 7) is 5.40. The van der Waals surface area contributed by atoms with Gasteiger partial charge in [-0.05, 0) is 38.3 Å². The van der Waals surface area contributed by atoms with Crippen LogP contribution in [0.15, 0.2) is 22.7 Å². The van der Waals surface area contributed by atoms with E-state index in [0.717, 1.165) is 68.0 Å². The summed E-state index contributed by atoms with van der Waals surface area (Å²) in [5.41, 5.74) is 0.887. The summed E-state index contributed by atoms with van der Waals surface area (Å²) in [6.07, 6.45) is 4.95. The third-order valence-electron chi connectivity index (χ3n) is 4.58. The Morgan fingerprint density at radius 3 is 2.95 bits per heavy atom. The third kappa shape index (κ3) is 2.45. The number of carbonyl (C=O) groups excluding carboxylic acids is 1. The van der Waals surface area contributed by atoms with Gasteiger partial charge in [-0.15, -0.1) is 0 Å². The molecule has 1 saturated heterocycles. The van der Waals surface area contributed by atoms with Crippen molar-refractivity contribution in [2.45, 2.75) is 26.2 Å². The highest BCUT2D eigenvalue weighted by Gasteiger charge is 2.34. The molecular weight excluding hydrogens is 278 g/mol. The maximum absolute atomic E-state index is 12.2. The van der Waals surface area contributed by atoms with E-state index in [1.54, 1.807) is 6.20 Å². The van der Waals surface area contributed by atoms with Crippen LogP contribution in [0.25, 0.3) is 11.0 Å². The van der Waals surface area contributed by atoms with Crippen LogP contribution in [0.1, 0.15) is 25.0 Å². The van der Waals surface area contributed by atoms with Crippen LogP contribution in [0.2, 0.25) is 0 Å². The molecule has 2 aliphatic rings. The van der Waals surface area contributed by atoms with Crippen LogP contribution >= 0.6 is 0 Å². The summed E-state index contributed by atoms with van der Waals surface area (Å²) >= 11 is 0. The lowest BCUT2D eigenvalue weighted by Crippen LogP contribution is -2.36. The van der Waals surface area contributed by atoms with Gasteiger partial charge in [-0.2, -0.15) is 0 Å². The largest absolute Gasteiger partial charge is 0.461 e. The van der Waals surface area contributed by atoms with Crippen LogP contribution in [-0.4, -0.2) is 42.0 Å². The Morgan fingerprint density at radius 1 is 1.27 bits per heavy atom. The first-order chi connectivity index (χ1) is 10.7. The second-order valence-corrected chi connectivity index (χ2v) is 6.34. The lowest BCUT2D eigenvalue weighted by Gasteiger charge is -2.23. The molecule has 0 N–H and O–H groups in total. The van der Waals surface area contributed by atoms with E-state index in [0.29, 0.717) is 11.8 Å². The van der Waals surface area contributed by atoms with E-state index in [2.05, 4.69) is 16.0 Å². The standard InChI is InChI=1S/C17H21N3O2/c1-12-11-14-15(22-12)5-6-18-16(14)19-7-2-8-20(10-9-19)17(21)13-3-4-13/h5-6,11,13H,2-4,7-10H2,1H3. The minimum absolute atomic E-state index is 0.310. The predicted molar refractivity (Wildman–Crippen MR) is 84.9 cm³/mol. The van der Waals surface area contributed by atoms with Gasteiger partial charge in [0.25, 0.3) is 0 Å². The molecule has 0 bridgehead atoms. The van der Waals surface area contributed by atoms with Gasteiger partial charge in [-0.3, -0.25) is 4.79 Å². The summed E-state index contributed by atoms with van der Waals surface area (Å²) in [5.74, 6) is 2.55. The third-order valence-corrected chi connectivity index (χ3v) is 4.58. The minimum atomic E-state index is 0.310. The van der Waals surface area contributed by atoms with E-state index < -0.39 is 0 Å². The number of hydrogen-bond acceptors (Lipinski definition) is 4. The van der Waals surface area contributed by atoms with E-state index in [4.69, 9.17) is 4.42 Å². The van der Waals surface area contributed by atoms with Crippen LogP contribution in [0.3, 0.4) is 0 Å². The summed E-state index contributed by atoms with van der Waals surface area (Å²) < 4.78 is 5.70. The Balaban J connectivity index is 1.56. The number of amides is 1. The van der Waals surface area contributed by atoms with Gasteiger partial charge < -0.3 is 14.2 Å². The summed E-state index contributed by atoms with van der Waals surface area (Å²) in [5, 5.41) is 1.07. The maximum Gasteiger partial charge on any atom is 0.225 e. The highest BCUT2D eigenvalue weighted by atomic mass is 16.3. The first-order valence-corrected chi connectivity index (χ1v) is 8.11. The molecule has 5 nitrogen and oxygen atoms in total. The Morgan fingerprint density at radius 2 is 2.14 bits per heavy atom. The van der Waals surface area contributed by atoms with Crippen molar-refractivity contribution in [3.05, 3.63) is 24.1 Å². The number of nitrogens with zero attached hydrogens (tertiary/aromatic N) is 3. The first-order valence-electron chi connectivity index (χ1n) is 8.11. The van der Waals surface area contributed by atoms with Crippen molar-refractivity contribution in [1.82, 2.24) is 9.88 Å². The van der Waals surface area contributed by atoms with Crippen LogP contribution < -0.4 is 4.90 Å². The van der Waals surface area contributed by atoms with Crippen molar-refractivity contribution in [2.24, 2.45) is 5.92 Å². The van der Waals surface area contributed by atoms with Gasteiger partial charge in [0.2, 0.25) is 5.91 Å². The molecule has 0 unspecified atom stereocenters. The van der Waals surface area contributed by atoms with Gasteiger partial charge >= 0.3 is 0 Å². The number of furan rings is 1. The van der Waals surface area contributed by atoms with Crippen molar-refractivity contribution < 1.29 is 9.21 Å². The van der Waals surface area contributed by atoms with Gasteiger partial charge in [0.15, 0.2) is 0 Å². The fraction of sp³-hybridized carbons (Fsp3) is 0.529. The highest BCUT2D eigenvalue weighted by molar-refractivity contribution is 5.89. The van der Waals surface area contributed by atoms with Crippen LogP contribution in [-0.2, 0) is 4.79 Å². The SMILES string of the molecule is Cc1cc2c(N3CCCN(C(=O)C4CC4)CC3)nccc2o1. The second kappa shape index (κ2) is 5.30. The average Bonchev–Trinajstić information content (AvgIpc) is 3.30. The molecule has 0 spiro atoms. The smallest absolute Gasteiger partial charge is 0.225 e. The zero-order valence-corrected chi connectivity index (χ0v) is 12.9. The maximum atomic E-state index is 12.2. The molecule has 2 aromatic rings. The lowest BCUT2D eigenvalue weighted by atomic mass is 10.2. The van der Waals surface area contributed by atoms with E-state index >= 15 is 0 Å². The van der Waals surface area contributed by atoms with E-state index in [1.165, 1.54) is 0 Å². The minimum Gasteiger partial charge on any atom is -0.461 e. The molecule has 0 radical (unpaired) electrons. The van der Waals surface area contributed by atoms with E-state index in [9.17, 15) is 4.79 Å². The number of pyridine rings is 1. The Bertz CT molecular complexity index is 705. The predicted octanol–water partition coefficient (Wildman–Crippen LogP) is 2.58. The van der Waals surface area contributed by atoms with Gasteiger partial charge in [-0.1, -0.05) is 0 Å². The number of carbonyl (C=O) groups is 1. The normalized spacial score (nSPS) is 19.5. The Kier molecular flexibility index (Phi) is 3.28. The van der Waals surface area contributed by atoms with Crippen LogP contribution in [0.5, 0.6) is 0 Å². The number of aromatic nitrogens is 1. The first kappa shape index (κ1) is 13.6. The molecular formula is C17H21N3O2. The average molecular weight is 299 g/mol. The summed E-state index contributed by atoms with van der Waals surface area (Å²) in [4.78, 5) is 21.1. The molecule has 1 aliphatic heterocycles. The van der Waals surface area contributed by atoms with Gasteiger partial charge in [0, 0.05) is 38.3 Å². The Hall–Kier alpha value is -2.04. The van der Waals surface area contributed by atoms with Crippen molar-refractivity contribution in [1.29, 1.82) is 0 Å². The molecule has 5 heteroatoms.